The van der Waals surface area contributed by atoms with Gasteiger partial charge in [0.15, 0.2) is 0 Å². The molecule has 2 aromatic rings. The van der Waals surface area contributed by atoms with Crippen LogP contribution in [0.4, 0.5) is 0 Å². The van der Waals surface area contributed by atoms with Crippen LogP contribution in [0, 0.1) is 6.92 Å². The van der Waals surface area contributed by atoms with Crippen molar-refractivity contribution in [1.82, 2.24) is 5.32 Å². The Morgan fingerprint density at radius 3 is 2.73 bits per heavy atom. The molecule has 0 saturated carbocycles. The maximum absolute atomic E-state index is 11.1. The molecule has 0 aliphatic carbocycles. The maximum Gasteiger partial charge on any atom is 0.217 e. The Balaban J connectivity index is 1.92. The van der Waals surface area contributed by atoms with E-state index in [0.717, 1.165) is 28.3 Å². The summed E-state index contributed by atoms with van der Waals surface area (Å²) in [5.41, 5.74) is 4.56. The monoisotopic (exact) mass is 315 g/mol. The van der Waals surface area contributed by atoms with E-state index in [9.17, 15) is 4.79 Å². The molecule has 0 unspecified atom stereocenters. The van der Waals surface area contributed by atoms with Crippen LogP contribution in [0.2, 0.25) is 5.02 Å². The Kier molecular flexibility index (Phi) is 4.08. The van der Waals surface area contributed by atoms with Crippen LogP contribution in [0.15, 0.2) is 36.4 Å². The fourth-order valence-electron chi connectivity index (χ4n) is 2.81. The second-order valence-corrected chi connectivity index (χ2v) is 6.13. The van der Waals surface area contributed by atoms with Gasteiger partial charge in [-0.05, 0) is 41.8 Å². The van der Waals surface area contributed by atoms with Crippen molar-refractivity contribution in [3.8, 4) is 16.9 Å². The second kappa shape index (κ2) is 6.01. The molecule has 0 aromatic heterocycles. The van der Waals surface area contributed by atoms with E-state index >= 15 is 0 Å². The molecule has 0 fully saturated rings. The van der Waals surface area contributed by atoms with Gasteiger partial charge in [-0.2, -0.15) is 0 Å². The molecule has 3 rings (SSSR count). The molecular weight excluding hydrogens is 298 g/mol. The summed E-state index contributed by atoms with van der Waals surface area (Å²) in [5.74, 6) is 0.886. The quantitative estimate of drug-likeness (QED) is 0.936. The number of fused-ring (bicyclic) bond motifs is 1. The van der Waals surface area contributed by atoms with Gasteiger partial charge in [0, 0.05) is 23.9 Å². The summed E-state index contributed by atoms with van der Waals surface area (Å²) >= 11 is 5.97. The molecule has 3 nitrogen and oxygen atoms in total. The molecule has 1 heterocycles. The third-order valence-corrected chi connectivity index (χ3v) is 4.03. The Morgan fingerprint density at radius 2 is 2.05 bits per heavy atom. The van der Waals surface area contributed by atoms with Crippen molar-refractivity contribution in [2.24, 2.45) is 0 Å². The number of benzene rings is 2. The van der Waals surface area contributed by atoms with Crippen LogP contribution in [0.3, 0.4) is 0 Å². The van der Waals surface area contributed by atoms with Gasteiger partial charge in [-0.25, -0.2) is 0 Å². The third-order valence-electron chi connectivity index (χ3n) is 3.78. The van der Waals surface area contributed by atoms with E-state index in [1.807, 2.05) is 24.3 Å². The molecule has 0 spiro atoms. The second-order valence-electron chi connectivity index (χ2n) is 5.69. The van der Waals surface area contributed by atoms with Crippen molar-refractivity contribution in [3.05, 3.63) is 52.5 Å². The van der Waals surface area contributed by atoms with Crippen molar-refractivity contribution < 1.29 is 9.53 Å². The SMILES string of the molecule is CC(=O)NC[C@H]1Cc2cc(C)cc(-c3ccc(Cl)cc3)c2O1. The third kappa shape index (κ3) is 3.09. The van der Waals surface area contributed by atoms with Gasteiger partial charge in [0.05, 0.1) is 6.54 Å². The minimum Gasteiger partial charge on any atom is -0.487 e. The summed E-state index contributed by atoms with van der Waals surface area (Å²) in [6.45, 7) is 4.13. The average molecular weight is 316 g/mol. The van der Waals surface area contributed by atoms with E-state index in [4.69, 9.17) is 16.3 Å². The number of nitrogens with one attached hydrogen (secondary N) is 1. The number of amides is 1. The van der Waals surface area contributed by atoms with Crippen LogP contribution in [-0.2, 0) is 11.2 Å². The first-order valence-electron chi connectivity index (χ1n) is 7.33. The summed E-state index contributed by atoms with van der Waals surface area (Å²) in [4.78, 5) is 11.1. The van der Waals surface area contributed by atoms with Gasteiger partial charge in [0.2, 0.25) is 5.91 Å². The van der Waals surface area contributed by atoms with E-state index in [1.165, 1.54) is 18.1 Å². The minimum atomic E-state index is -0.0336. The lowest BCUT2D eigenvalue weighted by atomic mass is 9.98. The molecule has 0 radical (unpaired) electrons. The van der Waals surface area contributed by atoms with Crippen LogP contribution in [-0.4, -0.2) is 18.6 Å². The van der Waals surface area contributed by atoms with Crippen molar-refractivity contribution in [1.29, 1.82) is 0 Å². The number of hydrogen-bond donors (Lipinski definition) is 1. The van der Waals surface area contributed by atoms with Crippen molar-refractivity contribution in [2.75, 3.05) is 6.54 Å². The van der Waals surface area contributed by atoms with E-state index in [1.54, 1.807) is 0 Å². The number of carbonyl (C=O) groups excluding carboxylic acids is 1. The fourth-order valence-corrected chi connectivity index (χ4v) is 2.93. The number of halogens is 1. The molecule has 4 heteroatoms. The molecule has 0 saturated heterocycles. The molecule has 22 heavy (non-hydrogen) atoms. The number of rotatable bonds is 3. The minimum absolute atomic E-state index is 0.00764. The smallest absolute Gasteiger partial charge is 0.217 e. The van der Waals surface area contributed by atoms with Gasteiger partial charge < -0.3 is 10.1 Å². The van der Waals surface area contributed by atoms with Crippen LogP contribution in [0.25, 0.3) is 11.1 Å². The Hall–Kier alpha value is -2.00. The lowest BCUT2D eigenvalue weighted by molar-refractivity contribution is -0.119. The zero-order valence-corrected chi connectivity index (χ0v) is 13.4. The van der Waals surface area contributed by atoms with Crippen molar-refractivity contribution in [3.63, 3.8) is 0 Å². The van der Waals surface area contributed by atoms with Crippen LogP contribution >= 0.6 is 11.6 Å². The predicted octanol–water partition coefficient (Wildman–Crippen LogP) is 3.76. The highest BCUT2D eigenvalue weighted by atomic mass is 35.5. The summed E-state index contributed by atoms with van der Waals surface area (Å²) in [7, 11) is 0. The topological polar surface area (TPSA) is 38.3 Å². The molecule has 114 valence electrons. The first kappa shape index (κ1) is 14.9. The molecule has 1 N–H and O–H groups in total. The molecule has 1 atom stereocenters. The van der Waals surface area contributed by atoms with Gasteiger partial charge in [-0.3, -0.25) is 4.79 Å². The highest BCUT2D eigenvalue weighted by Gasteiger charge is 2.26. The maximum atomic E-state index is 11.1. The van der Waals surface area contributed by atoms with Gasteiger partial charge in [0.25, 0.3) is 0 Å². The van der Waals surface area contributed by atoms with Crippen LogP contribution < -0.4 is 10.1 Å². The number of ether oxygens (including phenoxy) is 1. The summed E-state index contributed by atoms with van der Waals surface area (Å²) < 4.78 is 6.08. The van der Waals surface area contributed by atoms with Crippen LogP contribution in [0.1, 0.15) is 18.1 Å². The Bertz CT molecular complexity index is 710. The van der Waals surface area contributed by atoms with E-state index in [0.29, 0.717) is 6.54 Å². The number of hydrogen-bond acceptors (Lipinski definition) is 2. The van der Waals surface area contributed by atoms with Gasteiger partial charge in [-0.1, -0.05) is 29.8 Å². The fraction of sp³-hybridized carbons (Fsp3) is 0.278. The standard InChI is InChI=1S/C18H18ClNO2/c1-11-7-14-9-16(10-20-12(2)21)22-18(14)17(8-11)13-3-5-15(19)6-4-13/h3-8,16H,9-10H2,1-2H3,(H,20,21)/t16-/m1/s1. The zero-order valence-electron chi connectivity index (χ0n) is 12.7. The van der Waals surface area contributed by atoms with Crippen molar-refractivity contribution in [2.45, 2.75) is 26.4 Å². The average Bonchev–Trinajstić information content (AvgIpc) is 2.88. The highest BCUT2D eigenvalue weighted by molar-refractivity contribution is 6.30. The largest absolute Gasteiger partial charge is 0.487 e. The first-order valence-corrected chi connectivity index (χ1v) is 7.71. The van der Waals surface area contributed by atoms with Crippen molar-refractivity contribution >= 4 is 17.5 Å². The van der Waals surface area contributed by atoms with Crippen LogP contribution in [0.5, 0.6) is 5.75 Å². The van der Waals surface area contributed by atoms with Gasteiger partial charge >= 0.3 is 0 Å². The Labute approximate surface area is 135 Å². The summed E-state index contributed by atoms with van der Waals surface area (Å²) in [6, 6.07) is 12.1. The molecule has 1 aliphatic rings. The van der Waals surface area contributed by atoms with E-state index in [-0.39, 0.29) is 12.0 Å². The molecule has 1 amide bonds. The van der Waals surface area contributed by atoms with Gasteiger partial charge in [0.1, 0.15) is 11.9 Å². The zero-order chi connectivity index (χ0) is 15.7. The lowest BCUT2D eigenvalue weighted by Gasteiger charge is -2.13. The van der Waals surface area contributed by atoms with Gasteiger partial charge in [-0.15, -0.1) is 0 Å². The molecule has 1 aliphatic heterocycles. The summed E-state index contributed by atoms with van der Waals surface area (Å²) in [6.07, 6.45) is 0.810. The normalized spacial score (nSPS) is 16.0. The predicted molar refractivity (Wildman–Crippen MR) is 88.4 cm³/mol. The van der Waals surface area contributed by atoms with E-state index in [2.05, 4.69) is 24.4 Å². The first-order chi connectivity index (χ1) is 10.5. The van der Waals surface area contributed by atoms with E-state index < -0.39 is 0 Å². The molecule has 0 bridgehead atoms. The lowest BCUT2D eigenvalue weighted by Crippen LogP contribution is -2.32. The molecule has 2 aromatic carbocycles. The Morgan fingerprint density at radius 1 is 1.32 bits per heavy atom. The number of aryl methyl sites for hydroxylation is 1. The highest BCUT2D eigenvalue weighted by Crippen LogP contribution is 2.40. The summed E-state index contributed by atoms with van der Waals surface area (Å²) in [5, 5.41) is 3.54. The molecular formula is C18H18ClNO2. The number of carbonyl (C=O) groups is 1.